The number of benzene rings is 1. The van der Waals surface area contributed by atoms with E-state index in [1.807, 2.05) is 19.1 Å². The molecule has 14 heavy (non-hydrogen) atoms. The topological polar surface area (TPSA) is 17.1 Å². The molecule has 0 radical (unpaired) electrons. The Balaban J connectivity index is 3.08. The van der Waals surface area contributed by atoms with Gasteiger partial charge in [-0.05, 0) is 25.0 Å². The first-order valence-electron chi connectivity index (χ1n) is 4.35. The molecule has 0 saturated heterocycles. The van der Waals surface area contributed by atoms with Crippen molar-refractivity contribution in [3.8, 4) is 0 Å². The molecule has 0 aliphatic rings. The lowest BCUT2D eigenvalue weighted by molar-refractivity contribution is -0.116. The molecule has 0 heterocycles. The Morgan fingerprint density at radius 1 is 1.43 bits per heavy atom. The summed E-state index contributed by atoms with van der Waals surface area (Å²) in [5.41, 5.74) is 3.42. The maximum Gasteiger partial charge on any atom is 0.147 e. The molecule has 3 heteroatoms. The van der Waals surface area contributed by atoms with E-state index in [2.05, 4.69) is 37.9 Å². The second kappa shape index (κ2) is 5.08. The first-order chi connectivity index (χ1) is 6.54. The van der Waals surface area contributed by atoms with Gasteiger partial charge in [-0.2, -0.15) is 0 Å². The lowest BCUT2D eigenvalue weighted by Crippen LogP contribution is -2.01. The summed E-state index contributed by atoms with van der Waals surface area (Å²) in [6.45, 7) is 3.63. The first kappa shape index (κ1) is 11.9. The van der Waals surface area contributed by atoms with Crippen LogP contribution >= 0.6 is 31.9 Å². The summed E-state index contributed by atoms with van der Waals surface area (Å²) < 4.78 is 0. The van der Waals surface area contributed by atoms with Crippen LogP contribution in [0, 0.1) is 6.92 Å². The van der Waals surface area contributed by atoms with Crippen molar-refractivity contribution in [1.82, 2.24) is 0 Å². The smallest absolute Gasteiger partial charge is 0.147 e. The van der Waals surface area contributed by atoms with E-state index in [1.54, 1.807) is 6.92 Å². The molecule has 1 unspecified atom stereocenters. The van der Waals surface area contributed by atoms with Gasteiger partial charge in [0, 0.05) is 5.33 Å². The van der Waals surface area contributed by atoms with Gasteiger partial charge in [0.15, 0.2) is 0 Å². The first-order valence-corrected chi connectivity index (χ1v) is 6.39. The van der Waals surface area contributed by atoms with Gasteiger partial charge in [-0.3, -0.25) is 4.79 Å². The summed E-state index contributed by atoms with van der Waals surface area (Å²) in [5, 5.41) is 0.819. The minimum atomic E-state index is -0.180. The van der Waals surface area contributed by atoms with Gasteiger partial charge in [-0.25, -0.2) is 0 Å². The third kappa shape index (κ3) is 2.92. The molecule has 0 bridgehead atoms. The summed E-state index contributed by atoms with van der Waals surface area (Å²) in [5.74, 6) is 0.135. The molecule has 76 valence electrons. The van der Waals surface area contributed by atoms with Crippen molar-refractivity contribution < 1.29 is 4.79 Å². The number of halogens is 2. The molecule has 0 aliphatic carbocycles. The zero-order chi connectivity index (χ0) is 10.7. The molecule has 1 atom stereocenters. The van der Waals surface area contributed by atoms with Crippen molar-refractivity contribution in [2.45, 2.75) is 24.0 Å². The lowest BCUT2D eigenvalue weighted by Gasteiger charge is -2.09. The molecule has 0 fully saturated rings. The van der Waals surface area contributed by atoms with Gasteiger partial charge in [0.25, 0.3) is 0 Å². The van der Waals surface area contributed by atoms with E-state index in [0.29, 0.717) is 0 Å². The number of Topliss-reactive ketones (excluding diaryl/α,β-unsaturated/α-hetero) is 1. The second-order valence-corrected chi connectivity index (χ2v) is 4.84. The quantitative estimate of drug-likeness (QED) is 0.772. The molecular formula is C11H12Br2O. The van der Waals surface area contributed by atoms with E-state index in [-0.39, 0.29) is 10.6 Å². The average molecular weight is 320 g/mol. The van der Waals surface area contributed by atoms with Gasteiger partial charge < -0.3 is 0 Å². The highest BCUT2D eigenvalue weighted by Gasteiger charge is 2.13. The SMILES string of the molecule is CC(=O)C(Br)c1cc(C)cc(CBr)c1. The van der Waals surface area contributed by atoms with E-state index >= 15 is 0 Å². The van der Waals surface area contributed by atoms with Crippen LogP contribution in [0.2, 0.25) is 0 Å². The van der Waals surface area contributed by atoms with Crippen molar-refractivity contribution >= 4 is 37.6 Å². The molecule has 1 rings (SSSR count). The van der Waals surface area contributed by atoms with E-state index in [4.69, 9.17) is 0 Å². The van der Waals surface area contributed by atoms with Crippen molar-refractivity contribution in [3.05, 3.63) is 34.9 Å². The maximum absolute atomic E-state index is 11.2. The van der Waals surface area contributed by atoms with Gasteiger partial charge in [-0.15, -0.1) is 0 Å². The minimum Gasteiger partial charge on any atom is -0.298 e. The van der Waals surface area contributed by atoms with Crippen LogP contribution in [0.25, 0.3) is 0 Å². The van der Waals surface area contributed by atoms with E-state index in [1.165, 1.54) is 11.1 Å². The zero-order valence-electron chi connectivity index (χ0n) is 8.18. The molecule has 1 nitrogen and oxygen atoms in total. The molecule has 0 saturated carbocycles. The summed E-state index contributed by atoms with van der Waals surface area (Å²) in [6, 6.07) is 6.19. The van der Waals surface area contributed by atoms with Crippen molar-refractivity contribution in [3.63, 3.8) is 0 Å². The number of hydrogen-bond donors (Lipinski definition) is 0. The Morgan fingerprint density at radius 3 is 2.57 bits per heavy atom. The fourth-order valence-electron chi connectivity index (χ4n) is 1.35. The zero-order valence-corrected chi connectivity index (χ0v) is 11.4. The summed E-state index contributed by atoms with van der Waals surface area (Å²) in [6.07, 6.45) is 0. The number of ketones is 1. The van der Waals surface area contributed by atoms with E-state index < -0.39 is 0 Å². The van der Waals surface area contributed by atoms with Crippen molar-refractivity contribution in [1.29, 1.82) is 0 Å². The van der Waals surface area contributed by atoms with Crippen LogP contribution in [-0.4, -0.2) is 5.78 Å². The van der Waals surface area contributed by atoms with E-state index in [9.17, 15) is 4.79 Å². The lowest BCUT2D eigenvalue weighted by atomic mass is 10.0. The van der Waals surface area contributed by atoms with Crippen LogP contribution in [0.3, 0.4) is 0 Å². The molecule has 0 aromatic heterocycles. The third-order valence-electron chi connectivity index (χ3n) is 1.96. The van der Waals surface area contributed by atoms with Gasteiger partial charge >= 0.3 is 0 Å². The molecular weight excluding hydrogens is 308 g/mol. The van der Waals surface area contributed by atoms with E-state index in [0.717, 1.165) is 10.9 Å². The Bertz CT molecular complexity index is 347. The number of hydrogen-bond acceptors (Lipinski definition) is 1. The highest BCUT2D eigenvalue weighted by atomic mass is 79.9. The number of carbonyl (C=O) groups is 1. The fourth-order valence-corrected chi connectivity index (χ4v) is 1.94. The summed E-state index contributed by atoms with van der Waals surface area (Å²) >= 11 is 6.79. The fraction of sp³-hybridized carbons (Fsp3) is 0.364. The third-order valence-corrected chi connectivity index (χ3v) is 3.78. The molecule has 1 aromatic carbocycles. The Labute approximate surface area is 101 Å². The number of aryl methyl sites for hydroxylation is 1. The van der Waals surface area contributed by atoms with Crippen LogP contribution in [0.1, 0.15) is 28.4 Å². The summed E-state index contributed by atoms with van der Waals surface area (Å²) in [7, 11) is 0. The average Bonchev–Trinajstić information content (AvgIpc) is 2.15. The second-order valence-electron chi connectivity index (χ2n) is 3.36. The Morgan fingerprint density at radius 2 is 2.07 bits per heavy atom. The number of carbonyl (C=O) groups excluding carboxylic acids is 1. The minimum absolute atomic E-state index is 0.135. The van der Waals surface area contributed by atoms with Crippen LogP contribution in [0.15, 0.2) is 18.2 Å². The van der Waals surface area contributed by atoms with Gasteiger partial charge in [0.05, 0.1) is 4.83 Å². The summed E-state index contributed by atoms with van der Waals surface area (Å²) in [4.78, 5) is 11.0. The standard InChI is InChI=1S/C11H12Br2O/c1-7-3-9(6-12)5-10(4-7)11(13)8(2)14/h3-5,11H,6H2,1-2H3. The highest BCUT2D eigenvalue weighted by Crippen LogP contribution is 2.26. The maximum atomic E-state index is 11.2. The number of rotatable bonds is 3. The van der Waals surface area contributed by atoms with Crippen LogP contribution in [0.4, 0.5) is 0 Å². The van der Waals surface area contributed by atoms with Crippen molar-refractivity contribution in [2.24, 2.45) is 0 Å². The Kier molecular flexibility index (Phi) is 4.32. The molecule has 0 spiro atoms. The highest BCUT2D eigenvalue weighted by molar-refractivity contribution is 9.09. The number of alkyl halides is 2. The van der Waals surface area contributed by atoms with Gasteiger partial charge in [0.1, 0.15) is 5.78 Å². The Hall–Kier alpha value is -0.150. The monoisotopic (exact) mass is 318 g/mol. The molecule has 1 aromatic rings. The predicted octanol–water partition coefficient (Wildman–Crippen LogP) is 3.91. The van der Waals surface area contributed by atoms with Gasteiger partial charge in [0.2, 0.25) is 0 Å². The molecule has 0 amide bonds. The largest absolute Gasteiger partial charge is 0.298 e. The van der Waals surface area contributed by atoms with Crippen LogP contribution in [0.5, 0.6) is 0 Å². The normalized spacial score (nSPS) is 12.6. The predicted molar refractivity (Wildman–Crippen MR) is 66.2 cm³/mol. The van der Waals surface area contributed by atoms with Crippen molar-refractivity contribution in [2.75, 3.05) is 0 Å². The molecule has 0 N–H and O–H groups in total. The van der Waals surface area contributed by atoms with Gasteiger partial charge in [-0.1, -0.05) is 55.6 Å². The molecule has 0 aliphatic heterocycles. The van der Waals surface area contributed by atoms with Crippen LogP contribution < -0.4 is 0 Å². The van der Waals surface area contributed by atoms with Crippen LogP contribution in [-0.2, 0) is 10.1 Å².